The molecule has 2 aromatic carbocycles. The molecular weight excluding hydrogens is 246 g/mol. The van der Waals surface area contributed by atoms with Crippen molar-refractivity contribution in [3.05, 3.63) is 58.6 Å². The highest BCUT2D eigenvalue weighted by molar-refractivity contribution is 6.34. The van der Waals surface area contributed by atoms with Crippen LogP contribution in [-0.4, -0.2) is 5.91 Å². The van der Waals surface area contributed by atoms with Crippen LogP contribution in [0, 0.1) is 6.92 Å². The summed E-state index contributed by atoms with van der Waals surface area (Å²) in [5.41, 5.74) is 3.81. The maximum atomic E-state index is 12.2. The van der Waals surface area contributed by atoms with E-state index >= 15 is 0 Å². The van der Waals surface area contributed by atoms with Crippen molar-refractivity contribution < 1.29 is 4.79 Å². The molecular formula is C15H12ClNO. The maximum absolute atomic E-state index is 12.2. The van der Waals surface area contributed by atoms with Gasteiger partial charge in [-0.15, -0.1) is 0 Å². The lowest BCUT2D eigenvalue weighted by atomic mass is 10.1. The van der Waals surface area contributed by atoms with Crippen molar-refractivity contribution in [2.24, 2.45) is 0 Å². The average Bonchev–Trinajstić information content (AvgIpc) is 2.66. The fourth-order valence-corrected chi connectivity index (χ4v) is 2.71. The molecule has 0 bridgehead atoms. The third kappa shape index (κ3) is 1.61. The minimum atomic E-state index is 0.0763. The van der Waals surface area contributed by atoms with Gasteiger partial charge in [0, 0.05) is 0 Å². The number of carbonyl (C=O) groups excluding carboxylic acids is 1. The molecule has 90 valence electrons. The van der Waals surface area contributed by atoms with Gasteiger partial charge in [-0.05, 0) is 30.2 Å². The summed E-state index contributed by atoms with van der Waals surface area (Å²) in [6.45, 7) is 1.97. The Labute approximate surface area is 111 Å². The summed E-state index contributed by atoms with van der Waals surface area (Å²) in [5.74, 6) is 0.0763. The van der Waals surface area contributed by atoms with Crippen LogP contribution in [0.2, 0.25) is 5.02 Å². The number of anilines is 2. The number of halogens is 1. The van der Waals surface area contributed by atoms with Gasteiger partial charge in [-0.2, -0.15) is 0 Å². The first-order valence-electron chi connectivity index (χ1n) is 5.84. The van der Waals surface area contributed by atoms with Gasteiger partial charge in [0.1, 0.15) is 0 Å². The molecule has 0 aliphatic carbocycles. The molecule has 1 aliphatic rings. The largest absolute Gasteiger partial charge is 0.279 e. The zero-order valence-electron chi connectivity index (χ0n) is 9.98. The average molecular weight is 258 g/mol. The van der Waals surface area contributed by atoms with Crippen LogP contribution in [0.3, 0.4) is 0 Å². The molecule has 0 saturated carbocycles. The highest BCUT2D eigenvalue weighted by Gasteiger charge is 2.30. The molecule has 0 fully saturated rings. The summed E-state index contributed by atoms with van der Waals surface area (Å²) in [4.78, 5) is 13.9. The third-order valence-corrected chi connectivity index (χ3v) is 3.54. The fourth-order valence-electron chi connectivity index (χ4n) is 2.41. The van der Waals surface area contributed by atoms with Crippen molar-refractivity contribution in [1.82, 2.24) is 0 Å². The topological polar surface area (TPSA) is 20.3 Å². The molecule has 0 unspecified atom stereocenters. The molecule has 0 radical (unpaired) electrons. The standard InChI is InChI=1S/C15H12ClNO/c1-10-5-4-7-12(16)15(10)17-13-8-3-2-6-11(13)9-14(17)18/h2-8H,9H2,1H3. The quantitative estimate of drug-likeness (QED) is 0.759. The van der Waals surface area contributed by atoms with E-state index in [9.17, 15) is 4.79 Å². The van der Waals surface area contributed by atoms with E-state index in [4.69, 9.17) is 11.6 Å². The van der Waals surface area contributed by atoms with Crippen molar-refractivity contribution in [2.45, 2.75) is 13.3 Å². The zero-order valence-corrected chi connectivity index (χ0v) is 10.7. The lowest BCUT2D eigenvalue weighted by Crippen LogP contribution is -2.22. The lowest BCUT2D eigenvalue weighted by molar-refractivity contribution is -0.116. The molecule has 18 heavy (non-hydrogen) atoms. The highest BCUT2D eigenvalue weighted by atomic mass is 35.5. The number of carbonyl (C=O) groups is 1. The van der Waals surface area contributed by atoms with E-state index in [1.807, 2.05) is 49.4 Å². The van der Waals surface area contributed by atoms with E-state index in [-0.39, 0.29) is 5.91 Å². The third-order valence-electron chi connectivity index (χ3n) is 3.24. The Bertz CT molecular complexity index is 616. The SMILES string of the molecule is Cc1cccc(Cl)c1N1C(=O)Cc2ccccc21. The van der Waals surface area contributed by atoms with Crippen LogP contribution in [-0.2, 0) is 11.2 Å². The van der Waals surface area contributed by atoms with Crippen molar-refractivity contribution in [3.8, 4) is 0 Å². The number of hydrogen-bond donors (Lipinski definition) is 0. The molecule has 1 aliphatic heterocycles. The Balaban J connectivity index is 2.21. The van der Waals surface area contributed by atoms with E-state index in [2.05, 4.69) is 0 Å². The molecule has 0 N–H and O–H groups in total. The summed E-state index contributed by atoms with van der Waals surface area (Å²) in [5, 5.41) is 0.611. The van der Waals surface area contributed by atoms with Crippen LogP contribution in [0.4, 0.5) is 11.4 Å². The van der Waals surface area contributed by atoms with E-state index in [1.165, 1.54) is 0 Å². The van der Waals surface area contributed by atoms with E-state index < -0.39 is 0 Å². The van der Waals surface area contributed by atoms with Gasteiger partial charge in [-0.1, -0.05) is 41.9 Å². The lowest BCUT2D eigenvalue weighted by Gasteiger charge is -2.21. The predicted molar refractivity (Wildman–Crippen MR) is 73.5 cm³/mol. The molecule has 0 aromatic heterocycles. The molecule has 1 amide bonds. The van der Waals surface area contributed by atoms with Crippen LogP contribution < -0.4 is 4.90 Å². The molecule has 1 heterocycles. The summed E-state index contributed by atoms with van der Waals surface area (Å²) >= 11 is 6.25. The van der Waals surface area contributed by atoms with Crippen molar-refractivity contribution in [2.75, 3.05) is 4.90 Å². The number of nitrogens with zero attached hydrogens (tertiary/aromatic N) is 1. The molecule has 0 spiro atoms. The smallest absolute Gasteiger partial charge is 0.236 e. The first-order valence-corrected chi connectivity index (χ1v) is 6.22. The van der Waals surface area contributed by atoms with Gasteiger partial charge >= 0.3 is 0 Å². The van der Waals surface area contributed by atoms with Gasteiger partial charge in [0.2, 0.25) is 5.91 Å². The number of amides is 1. The molecule has 2 nitrogen and oxygen atoms in total. The molecule has 0 atom stereocenters. The van der Waals surface area contributed by atoms with Gasteiger partial charge in [0.25, 0.3) is 0 Å². The monoisotopic (exact) mass is 257 g/mol. The van der Waals surface area contributed by atoms with Crippen molar-refractivity contribution >= 4 is 28.9 Å². The van der Waals surface area contributed by atoms with E-state index in [1.54, 1.807) is 4.90 Å². The van der Waals surface area contributed by atoms with Crippen LogP contribution in [0.25, 0.3) is 0 Å². The molecule has 3 heteroatoms. The second-order valence-corrected chi connectivity index (χ2v) is 4.85. The van der Waals surface area contributed by atoms with Gasteiger partial charge in [0.05, 0.1) is 22.8 Å². The van der Waals surface area contributed by atoms with Crippen molar-refractivity contribution in [1.29, 1.82) is 0 Å². The van der Waals surface area contributed by atoms with E-state index in [0.717, 1.165) is 22.5 Å². The first kappa shape index (κ1) is 11.3. The maximum Gasteiger partial charge on any atom is 0.236 e. The first-order chi connectivity index (χ1) is 8.68. The molecule has 2 aromatic rings. The summed E-state index contributed by atoms with van der Waals surface area (Å²) in [7, 11) is 0. The number of aryl methyl sites for hydroxylation is 1. The van der Waals surface area contributed by atoms with Crippen LogP contribution in [0.1, 0.15) is 11.1 Å². The number of fused-ring (bicyclic) bond motifs is 1. The zero-order chi connectivity index (χ0) is 12.7. The number of rotatable bonds is 1. The Morgan fingerprint density at radius 1 is 1.11 bits per heavy atom. The minimum Gasteiger partial charge on any atom is -0.279 e. The minimum absolute atomic E-state index is 0.0763. The number of para-hydroxylation sites is 2. The van der Waals surface area contributed by atoms with Crippen LogP contribution in [0.5, 0.6) is 0 Å². The van der Waals surface area contributed by atoms with Gasteiger partial charge in [0.15, 0.2) is 0 Å². The summed E-state index contributed by atoms with van der Waals surface area (Å²) in [6, 6.07) is 13.5. The molecule has 3 rings (SSSR count). The van der Waals surface area contributed by atoms with E-state index in [0.29, 0.717) is 11.4 Å². The predicted octanol–water partition coefficient (Wildman–Crippen LogP) is 3.87. The highest BCUT2D eigenvalue weighted by Crippen LogP contribution is 2.40. The Hall–Kier alpha value is -1.80. The van der Waals surface area contributed by atoms with Gasteiger partial charge in [-0.25, -0.2) is 0 Å². The fraction of sp³-hybridized carbons (Fsp3) is 0.133. The number of benzene rings is 2. The Morgan fingerprint density at radius 3 is 2.67 bits per heavy atom. The van der Waals surface area contributed by atoms with Gasteiger partial charge < -0.3 is 0 Å². The molecule has 0 saturated heterocycles. The summed E-state index contributed by atoms with van der Waals surface area (Å²) < 4.78 is 0. The van der Waals surface area contributed by atoms with Crippen LogP contribution >= 0.6 is 11.6 Å². The van der Waals surface area contributed by atoms with Gasteiger partial charge in [-0.3, -0.25) is 9.69 Å². The Kier molecular flexibility index (Phi) is 2.60. The number of hydrogen-bond acceptors (Lipinski definition) is 1. The van der Waals surface area contributed by atoms with Crippen molar-refractivity contribution in [3.63, 3.8) is 0 Å². The van der Waals surface area contributed by atoms with Crippen LogP contribution in [0.15, 0.2) is 42.5 Å². The second kappa shape index (κ2) is 4.14. The summed E-state index contributed by atoms with van der Waals surface area (Å²) in [6.07, 6.45) is 0.445. The normalized spacial score (nSPS) is 13.9. The second-order valence-electron chi connectivity index (χ2n) is 4.44. The Morgan fingerprint density at radius 2 is 1.89 bits per heavy atom.